The first kappa shape index (κ1) is 35.2. The number of rotatable bonds is 12. The minimum atomic E-state index is -0.673. The average molecular weight is 670 g/mol. The van der Waals surface area contributed by atoms with E-state index in [-0.39, 0.29) is 29.9 Å². The Morgan fingerprint density at radius 2 is 1.82 bits per heavy atom. The summed E-state index contributed by atoms with van der Waals surface area (Å²) in [7, 11) is 3.66. The van der Waals surface area contributed by atoms with Crippen molar-refractivity contribution in [3.8, 4) is 5.75 Å². The summed E-state index contributed by atoms with van der Waals surface area (Å²) in [5.41, 5.74) is 3.98. The lowest BCUT2D eigenvalue weighted by Crippen LogP contribution is -2.50. The van der Waals surface area contributed by atoms with Crippen LogP contribution in [0.3, 0.4) is 0 Å². The van der Waals surface area contributed by atoms with E-state index in [2.05, 4.69) is 44.4 Å². The molecule has 0 saturated carbocycles. The van der Waals surface area contributed by atoms with Gasteiger partial charge in [0.2, 0.25) is 11.9 Å². The van der Waals surface area contributed by atoms with Gasteiger partial charge in [0.15, 0.2) is 0 Å². The van der Waals surface area contributed by atoms with Gasteiger partial charge in [-0.3, -0.25) is 4.79 Å². The Morgan fingerprint density at radius 3 is 2.55 bits per heavy atom. The van der Waals surface area contributed by atoms with Crippen LogP contribution in [0.15, 0.2) is 72.9 Å². The number of para-hydroxylation sites is 1. The van der Waals surface area contributed by atoms with E-state index in [1.165, 1.54) is 17.2 Å². The Bertz CT molecular complexity index is 1750. The van der Waals surface area contributed by atoms with Crippen molar-refractivity contribution < 1.29 is 23.5 Å². The van der Waals surface area contributed by atoms with E-state index >= 15 is 4.39 Å². The molecule has 1 aliphatic heterocycles. The highest BCUT2D eigenvalue weighted by atomic mass is 19.1. The molecule has 11 nitrogen and oxygen atoms in total. The average Bonchev–Trinajstić information content (AvgIpc) is 3.08. The Labute approximate surface area is 287 Å². The standard InChI is InChI=1S/C37H44FN7O4/c1-25-8-6-9-26(2)35(25)49-37(47)45(30-11-7-10-28(22-30)12-15-34(46)39-18-21-48-5)33-16-17-40-36(42-33)41-29-13-14-32(31(38)23-29)44-20-19-43(4)27(3)24-44/h6-11,13-14,16-17,22-23,27H,12,15,18-21,24H2,1-5H3,(H,39,46)(H,40,41,42). The molecule has 0 bridgehead atoms. The largest absolute Gasteiger partial charge is 0.425 e. The maximum Gasteiger partial charge on any atom is 0.425 e. The second kappa shape index (κ2) is 16.4. The summed E-state index contributed by atoms with van der Waals surface area (Å²) < 4.78 is 26.3. The Hall–Kier alpha value is -5.07. The van der Waals surface area contributed by atoms with Gasteiger partial charge in [0, 0.05) is 63.7 Å². The van der Waals surface area contributed by atoms with Crippen LogP contribution in [-0.2, 0) is 16.0 Å². The minimum absolute atomic E-state index is 0.0946. The van der Waals surface area contributed by atoms with E-state index in [1.54, 1.807) is 31.4 Å². The third-order valence-electron chi connectivity index (χ3n) is 8.59. The number of nitrogens with zero attached hydrogens (tertiary/aromatic N) is 5. The summed E-state index contributed by atoms with van der Waals surface area (Å²) >= 11 is 0. The fourth-order valence-electron chi connectivity index (χ4n) is 5.69. The molecule has 5 rings (SSSR count). The lowest BCUT2D eigenvalue weighted by molar-refractivity contribution is -0.121. The first-order valence-corrected chi connectivity index (χ1v) is 16.4. The molecule has 0 spiro atoms. The number of piperazine rings is 1. The number of amides is 2. The third kappa shape index (κ3) is 9.09. The number of halogens is 1. The minimum Gasteiger partial charge on any atom is -0.409 e. The Balaban J connectivity index is 1.40. The highest BCUT2D eigenvalue weighted by Crippen LogP contribution is 2.31. The zero-order chi connectivity index (χ0) is 34.9. The van der Waals surface area contributed by atoms with Crippen molar-refractivity contribution >= 4 is 40.8 Å². The summed E-state index contributed by atoms with van der Waals surface area (Å²) in [6.45, 7) is 9.09. The first-order chi connectivity index (χ1) is 23.6. The van der Waals surface area contributed by atoms with Gasteiger partial charge in [-0.05, 0) is 81.3 Å². The van der Waals surface area contributed by atoms with Gasteiger partial charge in [-0.15, -0.1) is 0 Å². The van der Waals surface area contributed by atoms with Crippen molar-refractivity contribution in [3.05, 3.63) is 95.4 Å². The zero-order valence-corrected chi connectivity index (χ0v) is 28.7. The summed E-state index contributed by atoms with van der Waals surface area (Å²) in [6.07, 6.45) is 1.57. The fraction of sp³-hybridized carbons (Fsp3) is 0.351. The van der Waals surface area contributed by atoms with Gasteiger partial charge < -0.3 is 29.9 Å². The van der Waals surface area contributed by atoms with Crippen LogP contribution >= 0.6 is 0 Å². The van der Waals surface area contributed by atoms with E-state index in [4.69, 9.17) is 9.47 Å². The molecule has 1 saturated heterocycles. The lowest BCUT2D eigenvalue weighted by Gasteiger charge is -2.39. The third-order valence-corrected chi connectivity index (χ3v) is 8.59. The van der Waals surface area contributed by atoms with E-state index in [1.807, 2.05) is 50.2 Å². The molecule has 258 valence electrons. The molecule has 1 aromatic heterocycles. The Morgan fingerprint density at radius 1 is 1.04 bits per heavy atom. The number of aryl methyl sites for hydroxylation is 3. The van der Waals surface area contributed by atoms with Crippen LogP contribution in [0.5, 0.6) is 5.75 Å². The van der Waals surface area contributed by atoms with Gasteiger partial charge >= 0.3 is 6.09 Å². The molecular formula is C37H44FN7O4. The van der Waals surface area contributed by atoms with Crippen LogP contribution in [0.4, 0.5) is 38.0 Å². The molecule has 4 aromatic rings. The predicted molar refractivity (Wildman–Crippen MR) is 190 cm³/mol. The normalized spacial score (nSPS) is 14.7. The molecule has 49 heavy (non-hydrogen) atoms. The quantitative estimate of drug-likeness (QED) is 0.172. The highest BCUT2D eigenvalue weighted by molar-refractivity contribution is 5.96. The smallest absolute Gasteiger partial charge is 0.409 e. The van der Waals surface area contributed by atoms with E-state index in [0.717, 1.165) is 36.3 Å². The monoisotopic (exact) mass is 669 g/mol. The molecule has 1 fully saturated rings. The molecule has 0 aliphatic carbocycles. The summed E-state index contributed by atoms with van der Waals surface area (Å²) in [5, 5.41) is 5.91. The van der Waals surface area contributed by atoms with E-state index in [9.17, 15) is 9.59 Å². The van der Waals surface area contributed by atoms with Gasteiger partial charge in [-0.25, -0.2) is 19.1 Å². The highest BCUT2D eigenvalue weighted by Gasteiger charge is 2.25. The van der Waals surface area contributed by atoms with Crippen LogP contribution < -0.4 is 25.2 Å². The first-order valence-electron chi connectivity index (χ1n) is 16.4. The SMILES string of the molecule is COCCNC(=O)CCc1cccc(N(C(=O)Oc2c(C)cccc2C)c2ccnc(Nc3ccc(N4CCN(C)C(C)C4)c(F)c3)n2)c1. The van der Waals surface area contributed by atoms with Crippen LogP contribution in [0.1, 0.15) is 30.0 Å². The summed E-state index contributed by atoms with van der Waals surface area (Å²) in [6, 6.07) is 19.9. The van der Waals surface area contributed by atoms with E-state index in [0.29, 0.717) is 48.4 Å². The van der Waals surface area contributed by atoms with Gasteiger partial charge in [0.05, 0.1) is 18.0 Å². The van der Waals surface area contributed by atoms with Crippen LogP contribution in [0.2, 0.25) is 0 Å². The molecule has 2 N–H and O–H groups in total. The number of methoxy groups -OCH3 is 1. The van der Waals surface area contributed by atoms with Crippen molar-refractivity contribution in [2.75, 3.05) is 62.1 Å². The number of anilines is 5. The summed E-state index contributed by atoms with van der Waals surface area (Å²) in [5.74, 6) is 0.432. The second-order valence-electron chi connectivity index (χ2n) is 12.2. The van der Waals surface area contributed by atoms with Gasteiger partial charge in [-0.2, -0.15) is 4.98 Å². The number of likely N-dealkylation sites (N-methyl/N-ethyl adjacent to an activating group) is 1. The molecule has 3 aromatic carbocycles. The second-order valence-corrected chi connectivity index (χ2v) is 12.2. The molecule has 1 atom stereocenters. The van der Waals surface area contributed by atoms with Crippen LogP contribution in [-0.4, -0.2) is 79.9 Å². The predicted octanol–water partition coefficient (Wildman–Crippen LogP) is 6.15. The maximum atomic E-state index is 15.4. The number of hydrogen-bond donors (Lipinski definition) is 2. The molecule has 0 radical (unpaired) electrons. The molecule has 2 amide bonds. The van der Waals surface area contributed by atoms with Gasteiger partial charge in [-0.1, -0.05) is 30.3 Å². The topological polar surface area (TPSA) is 112 Å². The number of carbonyl (C=O) groups is 2. The summed E-state index contributed by atoms with van der Waals surface area (Å²) in [4.78, 5) is 41.0. The van der Waals surface area contributed by atoms with Crippen molar-refractivity contribution in [2.24, 2.45) is 0 Å². The molecule has 12 heteroatoms. The number of aromatic nitrogens is 2. The van der Waals surface area contributed by atoms with Gasteiger partial charge in [0.25, 0.3) is 0 Å². The number of nitrogens with one attached hydrogen (secondary N) is 2. The van der Waals surface area contributed by atoms with Crippen molar-refractivity contribution in [2.45, 2.75) is 39.7 Å². The number of carbonyl (C=O) groups excluding carboxylic acids is 2. The number of benzene rings is 3. The molecule has 1 unspecified atom stereocenters. The molecular weight excluding hydrogens is 625 g/mol. The molecule has 1 aliphatic rings. The van der Waals surface area contributed by atoms with Gasteiger partial charge in [0.1, 0.15) is 17.4 Å². The van der Waals surface area contributed by atoms with Crippen molar-refractivity contribution in [3.63, 3.8) is 0 Å². The van der Waals surface area contributed by atoms with Crippen molar-refractivity contribution in [1.82, 2.24) is 20.2 Å². The molecule has 2 heterocycles. The number of hydrogen-bond acceptors (Lipinski definition) is 9. The van der Waals surface area contributed by atoms with E-state index < -0.39 is 6.09 Å². The van der Waals surface area contributed by atoms with Crippen LogP contribution in [0, 0.1) is 19.7 Å². The zero-order valence-electron chi connectivity index (χ0n) is 28.7. The number of ether oxygens (including phenoxy) is 2. The maximum absolute atomic E-state index is 15.4. The van der Waals surface area contributed by atoms with Crippen molar-refractivity contribution in [1.29, 1.82) is 0 Å². The Kier molecular flexibility index (Phi) is 11.8. The lowest BCUT2D eigenvalue weighted by atomic mass is 10.1. The fourth-order valence-corrected chi connectivity index (χ4v) is 5.69. The van der Waals surface area contributed by atoms with Crippen LogP contribution in [0.25, 0.3) is 0 Å².